The van der Waals surface area contributed by atoms with Crippen molar-refractivity contribution in [3.05, 3.63) is 103 Å². The van der Waals surface area contributed by atoms with Crippen LogP contribution in [-0.4, -0.2) is 15.0 Å². The fourth-order valence-electron chi connectivity index (χ4n) is 4.79. The predicted octanol–water partition coefficient (Wildman–Crippen LogP) is 7.30. The van der Waals surface area contributed by atoms with Gasteiger partial charge in [-0.15, -0.1) is 0 Å². The highest BCUT2D eigenvalue weighted by Gasteiger charge is 2.16. The van der Waals surface area contributed by atoms with E-state index in [1.807, 2.05) is 24.5 Å². The number of benzene rings is 4. The molecule has 3 heterocycles. The van der Waals surface area contributed by atoms with E-state index in [2.05, 4.69) is 78.9 Å². The third-order valence-electron chi connectivity index (χ3n) is 6.29. The number of hydrogen-bond acceptors (Lipinski definition) is 3. The molecule has 0 saturated heterocycles. The standard InChI is InChI=1S/C29H17N3/c1-2-6-21-17-22(10-9-18(21)5-1)26-23-13-11-19-7-3-15-30-27(19)25(23)24-14-12-20-8-4-16-31-28(20)29(24)32-26/h1-17H. The van der Waals surface area contributed by atoms with Crippen LogP contribution in [0.2, 0.25) is 0 Å². The summed E-state index contributed by atoms with van der Waals surface area (Å²) >= 11 is 0. The molecule has 0 atom stereocenters. The maximum atomic E-state index is 5.23. The quantitative estimate of drug-likeness (QED) is 0.268. The summed E-state index contributed by atoms with van der Waals surface area (Å²) in [5, 5.41) is 7.95. The highest BCUT2D eigenvalue weighted by Crippen LogP contribution is 2.38. The van der Waals surface area contributed by atoms with Crippen LogP contribution in [0.4, 0.5) is 0 Å². The van der Waals surface area contributed by atoms with Crippen LogP contribution < -0.4 is 0 Å². The van der Waals surface area contributed by atoms with Gasteiger partial charge in [0.1, 0.15) is 0 Å². The fourth-order valence-corrected chi connectivity index (χ4v) is 4.79. The first-order valence-corrected chi connectivity index (χ1v) is 10.7. The van der Waals surface area contributed by atoms with Crippen molar-refractivity contribution in [2.75, 3.05) is 0 Å². The summed E-state index contributed by atoms with van der Waals surface area (Å²) in [7, 11) is 0. The van der Waals surface area contributed by atoms with Crippen molar-refractivity contribution in [3.8, 4) is 11.3 Å². The molecule has 0 aliphatic rings. The summed E-state index contributed by atoms with van der Waals surface area (Å²) < 4.78 is 0. The van der Waals surface area contributed by atoms with Gasteiger partial charge in [0, 0.05) is 44.9 Å². The van der Waals surface area contributed by atoms with Crippen molar-refractivity contribution in [3.63, 3.8) is 0 Å². The Balaban J connectivity index is 1.71. The van der Waals surface area contributed by atoms with Gasteiger partial charge in [-0.1, -0.05) is 72.8 Å². The van der Waals surface area contributed by atoms with Gasteiger partial charge in [0.2, 0.25) is 0 Å². The summed E-state index contributed by atoms with van der Waals surface area (Å²) in [6.45, 7) is 0. The summed E-state index contributed by atoms with van der Waals surface area (Å²) in [5.41, 5.74) is 4.89. The lowest BCUT2D eigenvalue weighted by molar-refractivity contribution is 1.38. The van der Waals surface area contributed by atoms with E-state index in [1.165, 1.54) is 10.8 Å². The van der Waals surface area contributed by atoms with E-state index >= 15 is 0 Å². The lowest BCUT2D eigenvalue weighted by atomic mass is 9.95. The molecule has 148 valence electrons. The molecule has 0 bridgehead atoms. The Bertz CT molecular complexity index is 1840. The first kappa shape index (κ1) is 17.3. The van der Waals surface area contributed by atoms with E-state index in [9.17, 15) is 0 Å². The minimum absolute atomic E-state index is 0.914. The van der Waals surface area contributed by atoms with Gasteiger partial charge < -0.3 is 0 Å². The van der Waals surface area contributed by atoms with Crippen LogP contribution in [0.3, 0.4) is 0 Å². The largest absolute Gasteiger partial charge is 0.256 e. The molecule has 3 heteroatoms. The van der Waals surface area contributed by atoms with E-state index < -0.39 is 0 Å². The monoisotopic (exact) mass is 407 g/mol. The summed E-state index contributed by atoms with van der Waals surface area (Å²) in [6, 6.07) is 31.8. The van der Waals surface area contributed by atoms with E-state index in [1.54, 1.807) is 0 Å². The molecule has 32 heavy (non-hydrogen) atoms. The van der Waals surface area contributed by atoms with Crippen LogP contribution >= 0.6 is 0 Å². The summed E-state index contributed by atoms with van der Waals surface area (Å²) in [5.74, 6) is 0. The second-order valence-corrected chi connectivity index (χ2v) is 8.12. The fraction of sp³-hybridized carbons (Fsp3) is 0. The number of pyridine rings is 3. The lowest BCUT2D eigenvalue weighted by Gasteiger charge is -2.13. The van der Waals surface area contributed by atoms with Crippen LogP contribution in [0.15, 0.2) is 103 Å². The Morgan fingerprint density at radius 3 is 1.97 bits per heavy atom. The van der Waals surface area contributed by atoms with Gasteiger partial charge in [0.15, 0.2) is 0 Å². The minimum Gasteiger partial charge on any atom is -0.256 e. The molecule has 0 spiro atoms. The molecule has 3 nitrogen and oxygen atoms in total. The molecule has 0 N–H and O–H groups in total. The van der Waals surface area contributed by atoms with Crippen molar-refractivity contribution >= 4 is 54.3 Å². The lowest BCUT2D eigenvalue weighted by Crippen LogP contribution is -1.94. The molecule has 0 aliphatic carbocycles. The van der Waals surface area contributed by atoms with Crippen molar-refractivity contribution in [1.29, 1.82) is 0 Å². The van der Waals surface area contributed by atoms with Crippen molar-refractivity contribution < 1.29 is 0 Å². The first-order valence-electron chi connectivity index (χ1n) is 10.7. The van der Waals surface area contributed by atoms with E-state index in [0.29, 0.717) is 0 Å². The van der Waals surface area contributed by atoms with Gasteiger partial charge in [-0.3, -0.25) is 9.97 Å². The van der Waals surface area contributed by atoms with Crippen molar-refractivity contribution in [1.82, 2.24) is 15.0 Å². The maximum Gasteiger partial charge on any atom is 0.0979 e. The molecule has 7 rings (SSSR count). The average Bonchev–Trinajstić information content (AvgIpc) is 2.87. The van der Waals surface area contributed by atoms with Gasteiger partial charge in [-0.05, 0) is 29.0 Å². The average molecular weight is 407 g/mol. The zero-order valence-corrected chi connectivity index (χ0v) is 17.2. The molecule has 0 saturated carbocycles. The van der Waals surface area contributed by atoms with Crippen molar-refractivity contribution in [2.24, 2.45) is 0 Å². The topological polar surface area (TPSA) is 38.7 Å². The highest BCUT2D eigenvalue weighted by atomic mass is 14.8. The Morgan fingerprint density at radius 1 is 0.469 bits per heavy atom. The number of fused-ring (bicyclic) bond motifs is 8. The van der Waals surface area contributed by atoms with Gasteiger partial charge in [-0.25, -0.2) is 4.98 Å². The second kappa shape index (κ2) is 6.56. The van der Waals surface area contributed by atoms with Crippen LogP contribution in [0, 0.1) is 0 Å². The summed E-state index contributed by atoms with van der Waals surface area (Å²) in [6.07, 6.45) is 3.70. The van der Waals surface area contributed by atoms with Gasteiger partial charge >= 0.3 is 0 Å². The molecule has 0 amide bonds. The van der Waals surface area contributed by atoms with Gasteiger partial charge in [-0.2, -0.15) is 0 Å². The third kappa shape index (κ3) is 2.45. The maximum absolute atomic E-state index is 5.23. The minimum atomic E-state index is 0.914. The Hall–Kier alpha value is -4.37. The number of rotatable bonds is 1. The molecule has 0 aliphatic heterocycles. The second-order valence-electron chi connectivity index (χ2n) is 8.12. The molecule has 0 unspecified atom stereocenters. The van der Waals surface area contributed by atoms with Gasteiger partial charge in [0.05, 0.1) is 22.2 Å². The Kier molecular flexibility index (Phi) is 3.55. The number of nitrogens with zero attached hydrogens (tertiary/aromatic N) is 3. The first-order chi connectivity index (χ1) is 15.9. The van der Waals surface area contributed by atoms with Gasteiger partial charge in [0.25, 0.3) is 0 Å². The molecule has 7 aromatic rings. The molecule has 0 radical (unpaired) electrons. The SMILES string of the molecule is c1ccc2cc(-c3nc4c(ccc5cccnc54)c4c3ccc3cccnc34)ccc2c1. The Labute approximate surface area is 184 Å². The molecular formula is C29H17N3. The van der Waals surface area contributed by atoms with E-state index in [0.717, 1.165) is 54.7 Å². The predicted molar refractivity (Wildman–Crippen MR) is 133 cm³/mol. The molecule has 4 aromatic carbocycles. The van der Waals surface area contributed by atoms with Crippen LogP contribution in [0.5, 0.6) is 0 Å². The molecule has 3 aromatic heterocycles. The molecule has 0 fully saturated rings. The van der Waals surface area contributed by atoms with E-state index in [4.69, 9.17) is 15.0 Å². The highest BCUT2D eigenvalue weighted by molar-refractivity contribution is 6.24. The van der Waals surface area contributed by atoms with E-state index in [-0.39, 0.29) is 0 Å². The third-order valence-corrected chi connectivity index (χ3v) is 6.29. The smallest absolute Gasteiger partial charge is 0.0979 e. The Morgan fingerprint density at radius 2 is 1.12 bits per heavy atom. The van der Waals surface area contributed by atoms with Crippen LogP contribution in [0.25, 0.3) is 65.5 Å². The normalized spacial score (nSPS) is 11.8. The molecular weight excluding hydrogens is 390 g/mol. The number of aromatic nitrogens is 3. The number of hydrogen-bond donors (Lipinski definition) is 0. The zero-order valence-electron chi connectivity index (χ0n) is 17.2. The zero-order chi connectivity index (χ0) is 21.1. The van der Waals surface area contributed by atoms with Crippen molar-refractivity contribution in [2.45, 2.75) is 0 Å². The summed E-state index contributed by atoms with van der Waals surface area (Å²) in [4.78, 5) is 14.7. The van der Waals surface area contributed by atoms with Crippen LogP contribution in [0.1, 0.15) is 0 Å². The van der Waals surface area contributed by atoms with Crippen LogP contribution in [-0.2, 0) is 0 Å².